The Morgan fingerprint density at radius 2 is 1.92 bits per heavy atom. The number of carbonyl (C=O) groups is 1. The molecule has 2 aliphatic rings. The number of carbonyl (C=O) groups excluding carboxylic acids is 1. The van der Waals surface area contributed by atoms with Gasteiger partial charge >= 0.3 is 0 Å². The van der Waals surface area contributed by atoms with Crippen molar-refractivity contribution in [2.24, 2.45) is 0 Å². The quantitative estimate of drug-likeness (QED) is 0.781. The van der Waals surface area contributed by atoms with Crippen LogP contribution in [0.5, 0.6) is 11.5 Å². The highest BCUT2D eigenvalue weighted by molar-refractivity contribution is 5.76. The van der Waals surface area contributed by atoms with Gasteiger partial charge in [0.1, 0.15) is 6.61 Å². The average Bonchev–Trinajstić information content (AvgIpc) is 3.32. The first-order valence-corrected chi connectivity index (χ1v) is 9.04. The lowest BCUT2D eigenvalue weighted by molar-refractivity contribution is -0.123. The Morgan fingerprint density at radius 1 is 1.16 bits per heavy atom. The Balaban J connectivity index is 1.48. The topological polar surface area (TPSA) is 66.0 Å². The first-order chi connectivity index (χ1) is 12.2. The molecular formula is C19H27NO5. The summed E-state index contributed by atoms with van der Waals surface area (Å²) < 4.78 is 22.3. The molecule has 0 aromatic heterocycles. The third kappa shape index (κ3) is 5.34. The molecule has 2 fully saturated rings. The summed E-state index contributed by atoms with van der Waals surface area (Å²) in [5, 5.41) is 2.94. The summed E-state index contributed by atoms with van der Waals surface area (Å²) in [6.07, 6.45) is 4.82. The molecule has 3 rings (SSSR count). The SMILES string of the molecule is COc1cc(CNC(=O)C[C@H]2CCCO2)ccc1OC[C@@H]1CCCO1. The number of rotatable bonds is 8. The van der Waals surface area contributed by atoms with Crippen molar-refractivity contribution in [2.45, 2.75) is 50.9 Å². The van der Waals surface area contributed by atoms with Gasteiger partial charge in [-0.3, -0.25) is 4.79 Å². The van der Waals surface area contributed by atoms with E-state index in [1.54, 1.807) is 7.11 Å². The number of benzene rings is 1. The molecule has 0 radical (unpaired) electrons. The molecule has 2 atom stereocenters. The van der Waals surface area contributed by atoms with E-state index in [0.29, 0.717) is 31.1 Å². The molecule has 2 aliphatic heterocycles. The van der Waals surface area contributed by atoms with Crippen LogP contribution < -0.4 is 14.8 Å². The maximum absolute atomic E-state index is 12.0. The monoisotopic (exact) mass is 349 g/mol. The minimum atomic E-state index is 0.0181. The number of ether oxygens (including phenoxy) is 4. The Morgan fingerprint density at radius 3 is 2.60 bits per heavy atom. The second kappa shape index (κ2) is 9.06. The summed E-state index contributed by atoms with van der Waals surface area (Å²) in [4.78, 5) is 12.0. The summed E-state index contributed by atoms with van der Waals surface area (Å²) in [6, 6.07) is 5.73. The molecule has 2 saturated heterocycles. The maximum atomic E-state index is 12.0. The smallest absolute Gasteiger partial charge is 0.222 e. The Labute approximate surface area is 148 Å². The highest BCUT2D eigenvalue weighted by Gasteiger charge is 2.19. The van der Waals surface area contributed by atoms with Gasteiger partial charge in [-0.15, -0.1) is 0 Å². The van der Waals surface area contributed by atoms with Gasteiger partial charge in [0.2, 0.25) is 5.91 Å². The van der Waals surface area contributed by atoms with Crippen molar-refractivity contribution >= 4 is 5.91 Å². The normalized spacial score (nSPS) is 22.8. The highest BCUT2D eigenvalue weighted by atomic mass is 16.5. The highest BCUT2D eigenvalue weighted by Crippen LogP contribution is 2.29. The van der Waals surface area contributed by atoms with E-state index < -0.39 is 0 Å². The van der Waals surface area contributed by atoms with Gasteiger partial charge in [0.05, 0.1) is 25.7 Å². The van der Waals surface area contributed by atoms with Crippen molar-refractivity contribution in [1.29, 1.82) is 0 Å². The molecule has 25 heavy (non-hydrogen) atoms. The largest absolute Gasteiger partial charge is 0.493 e. The fraction of sp³-hybridized carbons (Fsp3) is 0.632. The van der Waals surface area contributed by atoms with Gasteiger partial charge in [0, 0.05) is 19.8 Å². The lowest BCUT2D eigenvalue weighted by Gasteiger charge is -2.15. The molecule has 1 aromatic rings. The van der Waals surface area contributed by atoms with Crippen LogP contribution in [0.15, 0.2) is 18.2 Å². The molecule has 0 unspecified atom stereocenters. The van der Waals surface area contributed by atoms with Gasteiger partial charge in [-0.05, 0) is 43.4 Å². The predicted molar refractivity (Wildman–Crippen MR) is 92.9 cm³/mol. The predicted octanol–water partition coefficient (Wildman–Crippen LogP) is 2.44. The molecular weight excluding hydrogens is 322 g/mol. The molecule has 0 saturated carbocycles. The van der Waals surface area contributed by atoms with Crippen LogP contribution in [0.4, 0.5) is 0 Å². The van der Waals surface area contributed by atoms with Crippen molar-refractivity contribution < 1.29 is 23.7 Å². The molecule has 1 aromatic carbocycles. The van der Waals surface area contributed by atoms with Crippen molar-refractivity contribution in [3.8, 4) is 11.5 Å². The zero-order valence-corrected chi connectivity index (χ0v) is 14.8. The average molecular weight is 349 g/mol. The van der Waals surface area contributed by atoms with E-state index in [-0.39, 0.29) is 18.1 Å². The van der Waals surface area contributed by atoms with Crippen LogP contribution in [0, 0.1) is 0 Å². The van der Waals surface area contributed by atoms with Crippen LogP contribution in [-0.2, 0) is 20.8 Å². The van der Waals surface area contributed by atoms with E-state index >= 15 is 0 Å². The van der Waals surface area contributed by atoms with Gasteiger partial charge in [0.25, 0.3) is 0 Å². The first kappa shape index (κ1) is 18.0. The Hall–Kier alpha value is -1.79. The molecule has 0 aliphatic carbocycles. The summed E-state index contributed by atoms with van der Waals surface area (Å²) in [7, 11) is 1.62. The summed E-state index contributed by atoms with van der Waals surface area (Å²) in [6.45, 7) is 2.58. The molecule has 138 valence electrons. The first-order valence-electron chi connectivity index (χ1n) is 9.04. The van der Waals surface area contributed by atoms with E-state index in [0.717, 1.165) is 44.5 Å². The van der Waals surface area contributed by atoms with Crippen molar-refractivity contribution in [2.75, 3.05) is 26.9 Å². The van der Waals surface area contributed by atoms with Crippen LogP contribution in [0.25, 0.3) is 0 Å². The van der Waals surface area contributed by atoms with Crippen LogP contribution in [0.2, 0.25) is 0 Å². The number of hydrogen-bond donors (Lipinski definition) is 1. The molecule has 1 N–H and O–H groups in total. The van der Waals surface area contributed by atoms with E-state index in [9.17, 15) is 4.79 Å². The number of methoxy groups -OCH3 is 1. The number of hydrogen-bond acceptors (Lipinski definition) is 5. The van der Waals surface area contributed by atoms with Crippen LogP contribution in [-0.4, -0.2) is 45.0 Å². The van der Waals surface area contributed by atoms with Crippen molar-refractivity contribution in [3.63, 3.8) is 0 Å². The van der Waals surface area contributed by atoms with Crippen LogP contribution in [0.3, 0.4) is 0 Å². The molecule has 1 amide bonds. The third-order valence-corrected chi connectivity index (χ3v) is 4.60. The van der Waals surface area contributed by atoms with Gasteiger partial charge in [0.15, 0.2) is 11.5 Å². The van der Waals surface area contributed by atoms with E-state index in [1.165, 1.54) is 0 Å². The molecule has 6 heteroatoms. The standard InChI is InChI=1S/C19H27NO5/c1-22-18-10-14(12-20-19(21)11-15-4-2-8-23-15)6-7-17(18)25-13-16-5-3-9-24-16/h6-7,10,15-16H,2-5,8-9,11-13H2,1H3,(H,20,21)/t15-,16+/m1/s1. The zero-order chi connectivity index (χ0) is 17.5. The van der Waals surface area contributed by atoms with Crippen molar-refractivity contribution in [3.05, 3.63) is 23.8 Å². The van der Waals surface area contributed by atoms with E-state index in [1.807, 2.05) is 18.2 Å². The molecule has 6 nitrogen and oxygen atoms in total. The molecule has 2 heterocycles. The van der Waals surface area contributed by atoms with E-state index in [2.05, 4.69) is 5.32 Å². The van der Waals surface area contributed by atoms with Gasteiger partial charge in [-0.25, -0.2) is 0 Å². The minimum Gasteiger partial charge on any atom is -0.493 e. The third-order valence-electron chi connectivity index (χ3n) is 4.60. The minimum absolute atomic E-state index is 0.0181. The zero-order valence-electron chi connectivity index (χ0n) is 14.8. The van der Waals surface area contributed by atoms with Gasteiger partial charge in [-0.1, -0.05) is 6.07 Å². The summed E-state index contributed by atoms with van der Waals surface area (Å²) >= 11 is 0. The van der Waals surface area contributed by atoms with Crippen LogP contribution in [0.1, 0.15) is 37.7 Å². The Kier molecular flexibility index (Phi) is 6.53. The maximum Gasteiger partial charge on any atom is 0.222 e. The van der Waals surface area contributed by atoms with Gasteiger partial charge < -0.3 is 24.3 Å². The Bertz CT molecular complexity index is 565. The van der Waals surface area contributed by atoms with Crippen molar-refractivity contribution in [1.82, 2.24) is 5.32 Å². The van der Waals surface area contributed by atoms with E-state index in [4.69, 9.17) is 18.9 Å². The van der Waals surface area contributed by atoms with Gasteiger partial charge in [-0.2, -0.15) is 0 Å². The van der Waals surface area contributed by atoms with Crippen LogP contribution >= 0.6 is 0 Å². The fourth-order valence-corrected chi connectivity index (χ4v) is 3.18. The number of nitrogens with one attached hydrogen (secondary N) is 1. The lowest BCUT2D eigenvalue weighted by atomic mass is 10.1. The number of amides is 1. The summed E-state index contributed by atoms with van der Waals surface area (Å²) in [5.74, 6) is 1.39. The summed E-state index contributed by atoms with van der Waals surface area (Å²) in [5.41, 5.74) is 0.974. The second-order valence-corrected chi connectivity index (χ2v) is 6.55. The fourth-order valence-electron chi connectivity index (χ4n) is 3.18. The lowest BCUT2D eigenvalue weighted by Crippen LogP contribution is -2.26. The molecule has 0 bridgehead atoms. The second-order valence-electron chi connectivity index (χ2n) is 6.55. The molecule has 0 spiro atoms.